The van der Waals surface area contributed by atoms with Crippen molar-refractivity contribution in [2.75, 3.05) is 25.0 Å². The fourth-order valence-electron chi connectivity index (χ4n) is 2.83. The average molecular weight is 403 g/mol. The lowest BCUT2D eigenvalue weighted by Gasteiger charge is -2.21. The van der Waals surface area contributed by atoms with E-state index in [-0.39, 0.29) is 44.3 Å². The number of hydrogen-bond acceptors (Lipinski definition) is 5. The van der Waals surface area contributed by atoms with Crippen LogP contribution in [-0.4, -0.2) is 36.3 Å². The lowest BCUT2D eigenvalue weighted by molar-refractivity contribution is -0.129. The molecule has 154 valence electrons. The Kier molecular flexibility index (Phi) is 8.89. The number of rotatable bonds is 10. The zero-order chi connectivity index (χ0) is 21.8. The fraction of sp³-hybridized carbons (Fsp3) is 0.304. The molecule has 30 heavy (non-hydrogen) atoms. The molecule has 2 rings (SSSR count). The van der Waals surface area contributed by atoms with Crippen LogP contribution in [0.5, 0.6) is 0 Å². The molecule has 0 saturated heterocycles. The molecule has 0 aliphatic rings. The van der Waals surface area contributed by atoms with Gasteiger partial charge < -0.3 is 15.5 Å². The summed E-state index contributed by atoms with van der Waals surface area (Å²) in [5.74, 6) is -0.465. The first-order valence-corrected chi connectivity index (χ1v) is 9.73. The molecule has 2 amide bonds. The number of amides is 2. The molecule has 0 atom stereocenters. The van der Waals surface area contributed by atoms with Crippen molar-refractivity contribution in [3.05, 3.63) is 65.2 Å². The zero-order valence-electron chi connectivity index (χ0n) is 17.0. The van der Waals surface area contributed by atoms with Gasteiger partial charge in [-0.15, -0.1) is 0 Å². The van der Waals surface area contributed by atoms with E-state index in [0.29, 0.717) is 17.8 Å². The second-order valence-electron chi connectivity index (χ2n) is 6.76. The van der Waals surface area contributed by atoms with Crippen LogP contribution in [-0.2, 0) is 11.3 Å². The molecule has 0 heterocycles. The number of benzene rings is 2. The van der Waals surface area contributed by atoms with Crippen molar-refractivity contribution < 1.29 is 9.59 Å². The third kappa shape index (κ3) is 6.96. The van der Waals surface area contributed by atoms with Crippen molar-refractivity contribution in [2.45, 2.75) is 26.3 Å². The van der Waals surface area contributed by atoms with E-state index in [1.165, 1.54) is 4.90 Å². The number of nitrogens with one attached hydrogen (secondary N) is 2. The Morgan fingerprint density at radius 2 is 1.60 bits per heavy atom. The molecule has 2 N–H and O–H groups in total. The Bertz CT molecular complexity index is 923. The summed E-state index contributed by atoms with van der Waals surface area (Å²) in [6.45, 7) is 2.93. The molecule has 2 aromatic rings. The molecular formula is C23H25N5O2. The summed E-state index contributed by atoms with van der Waals surface area (Å²) >= 11 is 0. The Morgan fingerprint density at radius 3 is 2.23 bits per heavy atom. The smallest absolute Gasteiger partial charge is 0.253 e. The molecule has 2 aromatic carbocycles. The van der Waals surface area contributed by atoms with Gasteiger partial charge in [-0.25, -0.2) is 0 Å². The van der Waals surface area contributed by atoms with Crippen LogP contribution in [0.1, 0.15) is 34.3 Å². The Hall–Kier alpha value is -3.84. The maximum atomic E-state index is 12.6. The first kappa shape index (κ1) is 22.4. The van der Waals surface area contributed by atoms with Gasteiger partial charge in [0.25, 0.3) is 5.91 Å². The number of carbonyl (C=O) groups is 2. The van der Waals surface area contributed by atoms with Crippen molar-refractivity contribution in [2.24, 2.45) is 0 Å². The Morgan fingerprint density at radius 1 is 0.967 bits per heavy atom. The van der Waals surface area contributed by atoms with Crippen LogP contribution in [0.3, 0.4) is 0 Å². The van der Waals surface area contributed by atoms with Crippen molar-refractivity contribution >= 4 is 17.5 Å². The van der Waals surface area contributed by atoms with Gasteiger partial charge in [0, 0.05) is 25.3 Å². The molecule has 0 aliphatic carbocycles. The molecule has 0 radical (unpaired) electrons. The molecule has 0 aliphatic heterocycles. The minimum atomic E-state index is -0.239. The predicted octanol–water partition coefficient (Wildman–Crippen LogP) is 2.99. The van der Waals surface area contributed by atoms with E-state index in [1.807, 2.05) is 43.3 Å². The molecule has 0 fully saturated rings. The monoisotopic (exact) mass is 403 g/mol. The van der Waals surface area contributed by atoms with Gasteiger partial charge in [0.2, 0.25) is 5.91 Å². The van der Waals surface area contributed by atoms with Gasteiger partial charge in [-0.3, -0.25) is 9.59 Å². The number of anilines is 1. The molecule has 0 aromatic heterocycles. The number of nitriles is 2. The van der Waals surface area contributed by atoms with Gasteiger partial charge in [0.1, 0.15) is 0 Å². The first-order valence-electron chi connectivity index (χ1n) is 9.73. The standard InChI is InChI=1S/C23H25N5O2/c1-18-8-10-19(11-9-18)16-27-23(30)20-6-2-3-7-21(20)26-17-22(29)28(14-4-12-24)15-5-13-25/h2-3,6-11,26H,4-5,14-17H2,1H3,(H,27,30). The zero-order valence-corrected chi connectivity index (χ0v) is 17.0. The van der Waals surface area contributed by atoms with Gasteiger partial charge in [-0.05, 0) is 24.6 Å². The average Bonchev–Trinajstić information content (AvgIpc) is 2.77. The van der Waals surface area contributed by atoms with E-state index in [1.54, 1.807) is 24.3 Å². The fourth-order valence-corrected chi connectivity index (χ4v) is 2.83. The van der Waals surface area contributed by atoms with E-state index in [4.69, 9.17) is 10.5 Å². The lowest BCUT2D eigenvalue weighted by atomic mass is 10.1. The van der Waals surface area contributed by atoms with Crippen LogP contribution in [0.25, 0.3) is 0 Å². The second-order valence-corrected chi connectivity index (χ2v) is 6.76. The summed E-state index contributed by atoms with van der Waals surface area (Å²) < 4.78 is 0. The van der Waals surface area contributed by atoms with Crippen LogP contribution in [0.2, 0.25) is 0 Å². The highest BCUT2D eigenvalue weighted by molar-refractivity contribution is 6.00. The molecule has 0 spiro atoms. The Balaban J connectivity index is 1.98. The highest BCUT2D eigenvalue weighted by Gasteiger charge is 2.15. The molecule has 7 nitrogen and oxygen atoms in total. The van der Waals surface area contributed by atoms with Gasteiger partial charge in [0.05, 0.1) is 37.1 Å². The molecular weight excluding hydrogens is 378 g/mol. The first-order chi connectivity index (χ1) is 14.5. The largest absolute Gasteiger partial charge is 0.376 e. The minimum Gasteiger partial charge on any atom is -0.376 e. The number of para-hydroxylation sites is 1. The lowest BCUT2D eigenvalue weighted by Crippen LogP contribution is -2.37. The van der Waals surface area contributed by atoms with Gasteiger partial charge in [-0.1, -0.05) is 42.0 Å². The third-order valence-electron chi connectivity index (χ3n) is 4.52. The Labute approximate surface area is 176 Å². The summed E-state index contributed by atoms with van der Waals surface area (Å²) in [5.41, 5.74) is 3.15. The summed E-state index contributed by atoms with van der Waals surface area (Å²) in [6, 6.07) is 18.9. The van der Waals surface area contributed by atoms with E-state index in [0.717, 1.165) is 11.1 Å². The van der Waals surface area contributed by atoms with E-state index in [2.05, 4.69) is 10.6 Å². The topological polar surface area (TPSA) is 109 Å². The van der Waals surface area contributed by atoms with Crippen LogP contribution in [0.4, 0.5) is 5.69 Å². The van der Waals surface area contributed by atoms with E-state index >= 15 is 0 Å². The maximum absolute atomic E-state index is 12.6. The summed E-state index contributed by atoms with van der Waals surface area (Å²) in [4.78, 5) is 26.6. The molecule has 0 bridgehead atoms. The van der Waals surface area contributed by atoms with Crippen LogP contribution >= 0.6 is 0 Å². The van der Waals surface area contributed by atoms with Crippen LogP contribution in [0.15, 0.2) is 48.5 Å². The highest BCUT2D eigenvalue weighted by Crippen LogP contribution is 2.15. The number of aryl methyl sites for hydroxylation is 1. The van der Waals surface area contributed by atoms with Gasteiger partial charge in [0.15, 0.2) is 0 Å². The van der Waals surface area contributed by atoms with Crippen molar-refractivity contribution in [1.29, 1.82) is 10.5 Å². The maximum Gasteiger partial charge on any atom is 0.253 e. The van der Waals surface area contributed by atoms with Crippen molar-refractivity contribution in [1.82, 2.24) is 10.2 Å². The predicted molar refractivity (Wildman–Crippen MR) is 114 cm³/mol. The van der Waals surface area contributed by atoms with E-state index in [9.17, 15) is 9.59 Å². The van der Waals surface area contributed by atoms with E-state index < -0.39 is 0 Å². The normalized spacial score (nSPS) is 9.83. The highest BCUT2D eigenvalue weighted by atomic mass is 16.2. The van der Waals surface area contributed by atoms with Gasteiger partial charge in [-0.2, -0.15) is 10.5 Å². The molecule has 0 unspecified atom stereocenters. The third-order valence-corrected chi connectivity index (χ3v) is 4.52. The summed E-state index contributed by atoms with van der Waals surface area (Å²) in [6.07, 6.45) is 0.407. The van der Waals surface area contributed by atoms with Crippen LogP contribution < -0.4 is 10.6 Å². The van der Waals surface area contributed by atoms with Crippen molar-refractivity contribution in [3.8, 4) is 12.1 Å². The quantitative estimate of drug-likeness (QED) is 0.634. The summed E-state index contributed by atoms with van der Waals surface area (Å²) in [5, 5.41) is 23.4. The SMILES string of the molecule is Cc1ccc(CNC(=O)c2ccccc2NCC(=O)N(CCC#N)CCC#N)cc1. The second kappa shape index (κ2) is 11.9. The molecule has 0 saturated carbocycles. The summed E-state index contributed by atoms with van der Waals surface area (Å²) in [7, 11) is 0. The number of nitrogens with zero attached hydrogens (tertiary/aromatic N) is 3. The van der Waals surface area contributed by atoms with Crippen LogP contribution in [0, 0.1) is 29.6 Å². The van der Waals surface area contributed by atoms with Gasteiger partial charge >= 0.3 is 0 Å². The molecule has 7 heteroatoms. The van der Waals surface area contributed by atoms with Crippen molar-refractivity contribution in [3.63, 3.8) is 0 Å². The minimum absolute atomic E-state index is 0.0287. The number of hydrogen-bond donors (Lipinski definition) is 2. The number of carbonyl (C=O) groups excluding carboxylic acids is 2.